The van der Waals surface area contributed by atoms with E-state index in [1.807, 2.05) is 62.4 Å². The van der Waals surface area contributed by atoms with E-state index in [4.69, 9.17) is 14.2 Å². The third-order valence-corrected chi connectivity index (χ3v) is 4.38. The molecule has 0 bridgehead atoms. The van der Waals surface area contributed by atoms with Gasteiger partial charge in [-0.3, -0.25) is 4.79 Å². The van der Waals surface area contributed by atoms with E-state index in [2.05, 4.69) is 5.32 Å². The van der Waals surface area contributed by atoms with Gasteiger partial charge in [0.2, 0.25) is 0 Å². The monoisotopic (exact) mass is 391 g/mol. The summed E-state index contributed by atoms with van der Waals surface area (Å²) in [7, 11) is 1.60. The summed E-state index contributed by atoms with van der Waals surface area (Å²) in [5, 5.41) is 2.92. The van der Waals surface area contributed by atoms with Gasteiger partial charge in [0.25, 0.3) is 5.91 Å². The van der Waals surface area contributed by atoms with E-state index in [0.717, 1.165) is 16.8 Å². The predicted octanol–water partition coefficient (Wildman–Crippen LogP) is 5.23. The molecule has 0 heterocycles. The molecule has 1 amide bonds. The number of carbonyl (C=O) groups excluding carboxylic acids is 1. The zero-order valence-electron chi connectivity index (χ0n) is 16.9. The van der Waals surface area contributed by atoms with Crippen molar-refractivity contribution in [3.05, 3.63) is 83.4 Å². The predicted molar refractivity (Wildman–Crippen MR) is 114 cm³/mol. The van der Waals surface area contributed by atoms with Crippen LogP contribution in [0.2, 0.25) is 0 Å². The van der Waals surface area contributed by atoms with Crippen LogP contribution in [-0.4, -0.2) is 19.6 Å². The summed E-state index contributed by atoms with van der Waals surface area (Å²) in [5.74, 6) is 1.79. The number of rotatable bonds is 8. The molecule has 0 aliphatic carbocycles. The zero-order valence-corrected chi connectivity index (χ0v) is 16.9. The molecule has 29 heavy (non-hydrogen) atoms. The molecule has 0 atom stereocenters. The number of hydrogen-bond donors (Lipinski definition) is 1. The molecule has 0 aliphatic heterocycles. The Kier molecular flexibility index (Phi) is 6.74. The minimum Gasteiger partial charge on any atom is -0.493 e. The summed E-state index contributed by atoms with van der Waals surface area (Å²) in [6, 6.07) is 20.5. The fourth-order valence-corrected chi connectivity index (χ4v) is 2.86. The summed E-state index contributed by atoms with van der Waals surface area (Å²) < 4.78 is 17.0. The molecule has 0 fully saturated rings. The zero-order chi connectivity index (χ0) is 20.6. The van der Waals surface area contributed by atoms with Gasteiger partial charge < -0.3 is 19.5 Å². The minimum atomic E-state index is -0.185. The van der Waals surface area contributed by atoms with Gasteiger partial charge in [-0.1, -0.05) is 29.8 Å². The fraction of sp³-hybridized carbons (Fsp3) is 0.208. The maximum Gasteiger partial charge on any atom is 0.255 e. The molecule has 3 aromatic rings. The molecular weight excluding hydrogens is 366 g/mol. The van der Waals surface area contributed by atoms with E-state index in [-0.39, 0.29) is 12.5 Å². The smallest absolute Gasteiger partial charge is 0.255 e. The quantitative estimate of drug-likeness (QED) is 0.571. The number of nitrogens with one attached hydrogen (secondary N) is 1. The lowest BCUT2D eigenvalue weighted by Crippen LogP contribution is -2.13. The summed E-state index contributed by atoms with van der Waals surface area (Å²) in [4.78, 5) is 12.7. The molecule has 3 rings (SSSR count). The van der Waals surface area contributed by atoms with Gasteiger partial charge in [0.05, 0.1) is 13.7 Å². The highest BCUT2D eigenvalue weighted by Gasteiger charge is 2.13. The van der Waals surface area contributed by atoms with Crippen LogP contribution in [0.1, 0.15) is 28.4 Å². The standard InChI is InChI=1S/C24H25NO4/c1-4-28-21-14-11-18(24(26)25-20-12-9-17(2)10-13-20)15-19(21)16-29-23-8-6-5-7-22(23)27-3/h5-15H,4,16H2,1-3H3,(H,25,26). The molecule has 0 saturated carbocycles. The summed E-state index contributed by atoms with van der Waals surface area (Å²) in [6.45, 7) is 4.70. The highest BCUT2D eigenvalue weighted by Crippen LogP contribution is 2.29. The number of para-hydroxylation sites is 2. The van der Waals surface area contributed by atoms with Gasteiger partial charge in [-0.2, -0.15) is 0 Å². The first-order chi connectivity index (χ1) is 14.1. The Morgan fingerprint density at radius 2 is 1.62 bits per heavy atom. The number of amides is 1. The molecule has 1 N–H and O–H groups in total. The van der Waals surface area contributed by atoms with Gasteiger partial charge in [0, 0.05) is 16.8 Å². The first-order valence-electron chi connectivity index (χ1n) is 9.50. The van der Waals surface area contributed by atoms with E-state index in [1.54, 1.807) is 25.3 Å². The number of ether oxygens (including phenoxy) is 3. The number of methoxy groups -OCH3 is 1. The van der Waals surface area contributed by atoms with Gasteiger partial charge in [0.15, 0.2) is 11.5 Å². The van der Waals surface area contributed by atoms with Crippen LogP contribution in [0.5, 0.6) is 17.2 Å². The van der Waals surface area contributed by atoms with E-state index >= 15 is 0 Å². The van der Waals surface area contributed by atoms with Crippen molar-refractivity contribution in [2.24, 2.45) is 0 Å². The molecule has 0 saturated heterocycles. The molecule has 0 unspecified atom stereocenters. The highest BCUT2D eigenvalue weighted by molar-refractivity contribution is 6.04. The molecule has 5 nitrogen and oxygen atoms in total. The molecule has 3 aromatic carbocycles. The lowest BCUT2D eigenvalue weighted by Gasteiger charge is -2.15. The lowest BCUT2D eigenvalue weighted by atomic mass is 10.1. The Morgan fingerprint density at radius 3 is 2.31 bits per heavy atom. The Labute approximate surface area is 171 Å². The van der Waals surface area contributed by atoms with E-state index in [9.17, 15) is 4.79 Å². The van der Waals surface area contributed by atoms with Crippen molar-refractivity contribution < 1.29 is 19.0 Å². The third-order valence-electron chi connectivity index (χ3n) is 4.38. The van der Waals surface area contributed by atoms with Gasteiger partial charge in [-0.05, 0) is 56.3 Å². The van der Waals surface area contributed by atoms with E-state index in [1.165, 1.54) is 0 Å². The van der Waals surface area contributed by atoms with Crippen molar-refractivity contribution in [2.45, 2.75) is 20.5 Å². The van der Waals surface area contributed by atoms with Crippen LogP contribution < -0.4 is 19.5 Å². The SMILES string of the molecule is CCOc1ccc(C(=O)Nc2ccc(C)cc2)cc1COc1ccccc1OC. The Bertz CT molecular complexity index is 967. The number of benzene rings is 3. The van der Waals surface area contributed by atoms with Gasteiger partial charge >= 0.3 is 0 Å². The third kappa shape index (κ3) is 5.29. The van der Waals surface area contributed by atoms with Crippen LogP contribution in [-0.2, 0) is 6.61 Å². The first-order valence-corrected chi connectivity index (χ1v) is 9.50. The summed E-state index contributed by atoms with van der Waals surface area (Å²) >= 11 is 0. The second-order valence-corrected chi connectivity index (χ2v) is 6.52. The van der Waals surface area contributed by atoms with Crippen LogP contribution in [0, 0.1) is 6.92 Å². The maximum absolute atomic E-state index is 12.7. The van der Waals surface area contributed by atoms with Crippen molar-refractivity contribution in [3.63, 3.8) is 0 Å². The second kappa shape index (κ2) is 9.64. The van der Waals surface area contributed by atoms with Crippen LogP contribution in [0.3, 0.4) is 0 Å². The van der Waals surface area contributed by atoms with Crippen LogP contribution in [0.4, 0.5) is 5.69 Å². The normalized spacial score (nSPS) is 10.3. The number of aryl methyl sites for hydroxylation is 1. The summed E-state index contributed by atoms with van der Waals surface area (Å²) in [5.41, 5.74) is 3.21. The van der Waals surface area contributed by atoms with Crippen molar-refractivity contribution >= 4 is 11.6 Å². The largest absolute Gasteiger partial charge is 0.493 e. The molecule has 0 radical (unpaired) electrons. The Balaban J connectivity index is 1.79. The van der Waals surface area contributed by atoms with Crippen molar-refractivity contribution in [1.29, 1.82) is 0 Å². The Hall–Kier alpha value is -3.47. The van der Waals surface area contributed by atoms with E-state index < -0.39 is 0 Å². The fourth-order valence-electron chi connectivity index (χ4n) is 2.86. The summed E-state index contributed by atoms with van der Waals surface area (Å²) in [6.07, 6.45) is 0. The van der Waals surface area contributed by atoms with Crippen LogP contribution in [0.25, 0.3) is 0 Å². The van der Waals surface area contributed by atoms with Gasteiger partial charge in [-0.15, -0.1) is 0 Å². The van der Waals surface area contributed by atoms with Crippen molar-refractivity contribution in [3.8, 4) is 17.2 Å². The average Bonchev–Trinajstić information content (AvgIpc) is 2.75. The second-order valence-electron chi connectivity index (χ2n) is 6.52. The lowest BCUT2D eigenvalue weighted by molar-refractivity contribution is 0.102. The number of carbonyl (C=O) groups is 1. The molecule has 0 aliphatic rings. The average molecular weight is 391 g/mol. The first kappa shape index (κ1) is 20.3. The minimum absolute atomic E-state index is 0.185. The van der Waals surface area contributed by atoms with Crippen LogP contribution >= 0.6 is 0 Å². The molecule has 150 valence electrons. The van der Waals surface area contributed by atoms with Crippen molar-refractivity contribution in [1.82, 2.24) is 0 Å². The molecule has 0 spiro atoms. The Morgan fingerprint density at radius 1 is 0.897 bits per heavy atom. The molecular formula is C24H25NO4. The maximum atomic E-state index is 12.7. The highest BCUT2D eigenvalue weighted by atomic mass is 16.5. The van der Waals surface area contributed by atoms with Gasteiger partial charge in [-0.25, -0.2) is 0 Å². The topological polar surface area (TPSA) is 56.8 Å². The van der Waals surface area contributed by atoms with Crippen LogP contribution in [0.15, 0.2) is 66.7 Å². The van der Waals surface area contributed by atoms with E-state index in [0.29, 0.717) is 29.4 Å². The number of hydrogen-bond acceptors (Lipinski definition) is 4. The molecule has 0 aromatic heterocycles. The van der Waals surface area contributed by atoms with Crippen molar-refractivity contribution in [2.75, 3.05) is 19.0 Å². The number of anilines is 1. The molecule has 5 heteroatoms. The van der Waals surface area contributed by atoms with Gasteiger partial charge in [0.1, 0.15) is 12.4 Å².